The molecule has 0 N–H and O–H groups in total. The molecule has 0 spiro atoms. The molecule has 0 saturated carbocycles. The minimum Gasteiger partial charge on any atom is -0.191 e. The van der Waals surface area contributed by atoms with Gasteiger partial charge in [0.05, 0.1) is 0 Å². The molecule has 1 nitrogen and oxygen atoms in total. The van der Waals surface area contributed by atoms with Gasteiger partial charge >= 0.3 is 0 Å². The molecule has 3 aromatic rings. The molecular formula is C32H30N+. The number of aryl methyl sites for hydroxylation is 1. The Morgan fingerprint density at radius 2 is 1.06 bits per heavy atom. The Hall–Kier alpha value is -3.71. The first kappa shape index (κ1) is 21.2. The van der Waals surface area contributed by atoms with Crippen molar-refractivity contribution >= 4 is 0 Å². The molecule has 2 aliphatic rings. The lowest BCUT2D eigenvalue weighted by Crippen LogP contribution is -2.39. The normalized spacial score (nSPS) is 11.1. The van der Waals surface area contributed by atoms with Crippen LogP contribution in [0.15, 0.2) is 109 Å². The van der Waals surface area contributed by atoms with Crippen LogP contribution in [0, 0.1) is 6.92 Å². The summed E-state index contributed by atoms with van der Waals surface area (Å²) in [5, 5.41) is 0. The van der Waals surface area contributed by atoms with Crippen LogP contribution in [-0.4, -0.2) is 0 Å². The van der Waals surface area contributed by atoms with Gasteiger partial charge in [0.2, 0.25) is 11.4 Å². The summed E-state index contributed by atoms with van der Waals surface area (Å²) in [6, 6.07) is 39.6. The lowest BCUT2D eigenvalue weighted by molar-refractivity contribution is -0.675. The minimum absolute atomic E-state index is 1.00. The molecule has 162 valence electrons. The molecule has 0 atom stereocenters. The average Bonchev–Trinajstić information content (AvgIpc) is 3.02. The van der Waals surface area contributed by atoms with Gasteiger partial charge in [0, 0.05) is 29.7 Å². The van der Waals surface area contributed by atoms with Crippen molar-refractivity contribution in [2.24, 2.45) is 0 Å². The summed E-state index contributed by atoms with van der Waals surface area (Å²) in [4.78, 5) is 0. The van der Waals surface area contributed by atoms with E-state index in [-0.39, 0.29) is 0 Å². The molecule has 1 heteroatoms. The molecule has 2 aromatic carbocycles. The van der Waals surface area contributed by atoms with Gasteiger partial charge in [-0.15, -0.1) is 0 Å². The van der Waals surface area contributed by atoms with Gasteiger partial charge in [0.1, 0.15) is 6.54 Å². The summed E-state index contributed by atoms with van der Waals surface area (Å²) < 4.78 is 2.51. The number of rotatable bonds is 6. The van der Waals surface area contributed by atoms with Gasteiger partial charge in [-0.05, 0) is 59.0 Å². The Balaban J connectivity index is 1.81. The standard InChI is InChI=1S/C32H30N/c1-3-4-20-33-31(25-14-8-5-9-15-25)22-27(23-32(33)26-16-10-6-11-17-26)30-21-24(2)28-18-12-7-13-19-29(28)30/h5-19,21-23H,3-4,20H2,1-2H3/q+1. The van der Waals surface area contributed by atoms with Crippen LogP contribution in [0.3, 0.4) is 0 Å². The summed E-state index contributed by atoms with van der Waals surface area (Å²) in [7, 11) is 0. The Labute approximate surface area is 197 Å². The third-order valence-electron chi connectivity index (χ3n) is 6.47. The lowest BCUT2D eigenvalue weighted by Gasteiger charge is -2.13. The van der Waals surface area contributed by atoms with Crippen LogP contribution in [0.25, 0.3) is 44.8 Å². The van der Waals surface area contributed by atoms with Crippen LogP contribution >= 0.6 is 0 Å². The smallest absolute Gasteiger partial charge is 0.191 e. The van der Waals surface area contributed by atoms with Crippen LogP contribution in [0.1, 0.15) is 25.3 Å². The Kier molecular flexibility index (Phi) is 6.04. The molecule has 5 rings (SSSR count). The van der Waals surface area contributed by atoms with Crippen molar-refractivity contribution in [2.75, 3.05) is 0 Å². The lowest BCUT2D eigenvalue weighted by atomic mass is 9.97. The van der Waals surface area contributed by atoms with Gasteiger partial charge in [0.25, 0.3) is 0 Å². The largest absolute Gasteiger partial charge is 0.213 e. The summed E-state index contributed by atoms with van der Waals surface area (Å²) in [5.74, 6) is 0. The number of aromatic nitrogens is 1. The van der Waals surface area contributed by atoms with E-state index in [1.54, 1.807) is 0 Å². The van der Waals surface area contributed by atoms with Crippen molar-refractivity contribution in [2.45, 2.75) is 33.2 Å². The first-order chi connectivity index (χ1) is 16.3. The Bertz CT molecular complexity index is 1280. The monoisotopic (exact) mass is 428 g/mol. The molecule has 1 heterocycles. The third kappa shape index (κ3) is 4.19. The van der Waals surface area contributed by atoms with E-state index in [1.807, 2.05) is 0 Å². The van der Waals surface area contributed by atoms with Crippen LogP contribution in [0.4, 0.5) is 0 Å². The zero-order valence-corrected chi connectivity index (χ0v) is 19.5. The van der Waals surface area contributed by atoms with Crippen molar-refractivity contribution in [3.63, 3.8) is 0 Å². The second-order valence-electron chi connectivity index (χ2n) is 8.73. The van der Waals surface area contributed by atoms with E-state index < -0.39 is 0 Å². The molecule has 2 aliphatic carbocycles. The zero-order chi connectivity index (χ0) is 22.6. The van der Waals surface area contributed by atoms with Crippen LogP contribution in [0.5, 0.6) is 0 Å². The van der Waals surface area contributed by atoms with Crippen molar-refractivity contribution < 1.29 is 4.57 Å². The van der Waals surface area contributed by atoms with E-state index in [0.29, 0.717) is 0 Å². The highest BCUT2D eigenvalue weighted by Crippen LogP contribution is 2.40. The van der Waals surface area contributed by atoms with E-state index in [2.05, 4.69) is 128 Å². The quantitative estimate of drug-likeness (QED) is 0.240. The number of unbranched alkanes of at least 4 members (excludes halogenated alkanes) is 1. The second kappa shape index (κ2) is 9.42. The fourth-order valence-corrected chi connectivity index (χ4v) is 4.77. The SMILES string of the molecule is CCCC[n+]1c(-c2ccccc2)cc(-c2cc(C)c3cccccc2-3)cc1-c1ccccc1. The van der Waals surface area contributed by atoms with Gasteiger partial charge in [-0.25, -0.2) is 0 Å². The van der Waals surface area contributed by atoms with Gasteiger partial charge < -0.3 is 0 Å². The maximum absolute atomic E-state index is 2.51. The number of pyridine rings is 1. The summed E-state index contributed by atoms with van der Waals surface area (Å²) in [5.41, 5.74) is 11.6. The fourth-order valence-electron chi connectivity index (χ4n) is 4.77. The number of hydrogen-bond acceptors (Lipinski definition) is 0. The van der Waals surface area contributed by atoms with E-state index in [1.165, 1.54) is 56.8 Å². The van der Waals surface area contributed by atoms with Crippen molar-refractivity contribution in [3.8, 4) is 44.8 Å². The summed E-state index contributed by atoms with van der Waals surface area (Å²) >= 11 is 0. The Morgan fingerprint density at radius 3 is 1.61 bits per heavy atom. The molecule has 0 saturated heterocycles. The molecule has 0 aliphatic heterocycles. The van der Waals surface area contributed by atoms with E-state index >= 15 is 0 Å². The molecule has 0 radical (unpaired) electrons. The summed E-state index contributed by atoms with van der Waals surface area (Å²) in [6.07, 6.45) is 2.32. The maximum atomic E-state index is 2.51. The van der Waals surface area contributed by atoms with Gasteiger partial charge in [-0.2, -0.15) is 4.57 Å². The van der Waals surface area contributed by atoms with Crippen molar-refractivity contribution in [1.29, 1.82) is 0 Å². The second-order valence-corrected chi connectivity index (χ2v) is 8.73. The number of nitrogens with zero attached hydrogens (tertiary/aromatic N) is 1. The minimum atomic E-state index is 1.00. The van der Waals surface area contributed by atoms with Gasteiger partial charge in [-0.3, -0.25) is 0 Å². The van der Waals surface area contributed by atoms with E-state index in [4.69, 9.17) is 0 Å². The van der Waals surface area contributed by atoms with Crippen molar-refractivity contribution in [3.05, 3.63) is 115 Å². The fraction of sp³-hybridized carbons (Fsp3) is 0.156. The average molecular weight is 429 g/mol. The predicted molar refractivity (Wildman–Crippen MR) is 139 cm³/mol. The highest BCUT2D eigenvalue weighted by atomic mass is 15.0. The van der Waals surface area contributed by atoms with Crippen LogP contribution in [-0.2, 0) is 6.54 Å². The first-order valence-electron chi connectivity index (χ1n) is 11.9. The molecular weight excluding hydrogens is 398 g/mol. The van der Waals surface area contributed by atoms with Crippen LogP contribution < -0.4 is 4.57 Å². The first-order valence-corrected chi connectivity index (χ1v) is 11.9. The summed E-state index contributed by atoms with van der Waals surface area (Å²) in [6.45, 7) is 5.48. The van der Waals surface area contributed by atoms with E-state index in [9.17, 15) is 0 Å². The molecule has 0 bridgehead atoms. The van der Waals surface area contributed by atoms with E-state index in [0.717, 1.165) is 13.0 Å². The third-order valence-corrected chi connectivity index (χ3v) is 6.47. The molecule has 1 aromatic heterocycles. The zero-order valence-electron chi connectivity index (χ0n) is 19.5. The highest BCUT2D eigenvalue weighted by Gasteiger charge is 2.24. The highest BCUT2D eigenvalue weighted by molar-refractivity contribution is 5.90. The number of hydrogen-bond donors (Lipinski definition) is 0. The predicted octanol–water partition coefficient (Wildman–Crippen LogP) is 8.19. The van der Waals surface area contributed by atoms with Crippen LogP contribution in [0.2, 0.25) is 0 Å². The molecule has 0 amide bonds. The maximum Gasteiger partial charge on any atom is 0.213 e. The van der Waals surface area contributed by atoms with Gasteiger partial charge in [0.15, 0.2) is 0 Å². The number of benzene rings is 2. The molecule has 0 unspecified atom stereocenters. The topological polar surface area (TPSA) is 3.88 Å². The molecule has 0 fully saturated rings. The van der Waals surface area contributed by atoms with Crippen molar-refractivity contribution in [1.82, 2.24) is 0 Å². The van der Waals surface area contributed by atoms with Gasteiger partial charge in [-0.1, -0.05) is 86.1 Å². The molecule has 33 heavy (non-hydrogen) atoms. The Morgan fingerprint density at radius 1 is 0.545 bits per heavy atom. The number of fused-ring (bicyclic) bond motifs is 1.